The molecule has 1 aliphatic heterocycles. The summed E-state index contributed by atoms with van der Waals surface area (Å²) >= 11 is 1.09. The van der Waals surface area contributed by atoms with Crippen molar-refractivity contribution in [2.45, 2.75) is 42.5 Å². The summed E-state index contributed by atoms with van der Waals surface area (Å²) < 4.78 is 0. The number of nitrogens with two attached hydrogens (primary N) is 1. The van der Waals surface area contributed by atoms with Crippen molar-refractivity contribution in [3.05, 3.63) is 52.6 Å². The zero-order valence-corrected chi connectivity index (χ0v) is 21.0. The molecule has 12 heteroatoms. The minimum Gasteiger partial charge on any atom is -0.465 e. The van der Waals surface area contributed by atoms with Crippen LogP contribution < -0.4 is 21.3 Å². The summed E-state index contributed by atoms with van der Waals surface area (Å²) in [6, 6.07) is 13.2. The number of rotatable bonds is 9. The average Bonchev–Trinajstić information content (AvgIpc) is 2.90. The van der Waals surface area contributed by atoms with Gasteiger partial charge in [-0.15, -0.1) is 0 Å². The smallest absolute Gasteiger partial charge is 0.405 e. The van der Waals surface area contributed by atoms with Crippen molar-refractivity contribution in [3.8, 4) is 12.1 Å². The quantitative estimate of drug-likeness (QED) is 0.358. The number of nitriles is 2. The standard InChI is InChI=1S/C25H27N7O4S/c1-2-17-18(12-26)23(32-10-8-16(9-11-32)30-20(33)14-29-25(35)36)31-24(19(17)13-27)37-21(22(28)34)15-6-4-3-5-7-15/h3-7,16,21,29H,2,8-11,14H2,1H3,(H2,28,34)(H,30,33)(H,35,36). The summed E-state index contributed by atoms with van der Waals surface area (Å²) in [6.45, 7) is 2.49. The van der Waals surface area contributed by atoms with Gasteiger partial charge >= 0.3 is 6.09 Å². The van der Waals surface area contributed by atoms with Crippen molar-refractivity contribution in [2.24, 2.45) is 5.73 Å². The molecule has 1 atom stereocenters. The molecule has 1 aliphatic rings. The lowest BCUT2D eigenvalue weighted by Crippen LogP contribution is -2.47. The van der Waals surface area contributed by atoms with Gasteiger partial charge in [0.2, 0.25) is 11.8 Å². The van der Waals surface area contributed by atoms with E-state index in [4.69, 9.17) is 15.8 Å². The molecule has 5 N–H and O–H groups in total. The molecule has 3 amide bonds. The van der Waals surface area contributed by atoms with Gasteiger partial charge in [0.1, 0.15) is 28.2 Å². The van der Waals surface area contributed by atoms with Gasteiger partial charge in [-0.1, -0.05) is 49.0 Å². The van der Waals surface area contributed by atoms with Crippen LogP contribution in [0.2, 0.25) is 0 Å². The Morgan fingerprint density at radius 1 is 1.19 bits per heavy atom. The molecular formula is C25H27N7O4S. The van der Waals surface area contributed by atoms with Gasteiger partial charge in [0.15, 0.2) is 0 Å². The third-order valence-corrected chi connectivity index (χ3v) is 7.23. The van der Waals surface area contributed by atoms with Gasteiger partial charge < -0.3 is 26.4 Å². The maximum absolute atomic E-state index is 12.3. The largest absolute Gasteiger partial charge is 0.465 e. The summed E-state index contributed by atoms with van der Waals surface area (Å²) in [4.78, 5) is 41.5. The van der Waals surface area contributed by atoms with Gasteiger partial charge in [0.25, 0.3) is 0 Å². The number of anilines is 1. The predicted octanol–water partition coefficient (Wildman–Crippen LogP) is 2.06. The van der Waals surface area contributed by atoms with Crippen LogP contribution in [0.4, 0.5) is 10.6 Å². The molecule has 37 heavy (non-hydrogen) atoms. The summed E-state index contributed by atoms with van der Waals surface area (Å²) in [5.41, 5.74) is 7.51. The Morgan fingerprint density at radius 2 is 1.84 bits per heavy atom. The zero-order valence-electron chi connectivity index (χ0n) is 20.2. The van der Waals surface area contributed by atoms with E-state index in [1.165, 1.54) is 0 Å². The van der Waals surface area contributed by atoms with Gasteiger partial charge in [-0.2, -0.15) is 10.5 Å². The molecule has 2 aromatic rings. The van der Waals surface area contributed by atoms with Crippen LogP contribution in [0, 0.1) is 22.7 Å². The fourth-order valence-corrected chi connectivity index (χ4v) is 5.26. The van der Waals surface area contributed by atoms with Crippen LogP contribution in [0.1, 0.15) is 47.3 Å². The van der Waals surface area contributed by atoms with E-state index in [9.17, 15) is 24.9 Å². The Hall–Kier alpha value is -4.29. The van der Waals surface area contributed by atoms with Gasteiger partial charge in [-0.25, -0.2) is 9.78 Å². The summed E-state index contributed by atoms with van der Waals surface area (Å²) in [5, 5.41) is 33.0. The van der Waals surface area contributed by atoms with Crippen LogP contribution in [0.5, 0.6) is 0 Å². The van der Waals surface area contributed by atoms with Crippen LogP contribution in [0.15, 0.2) is 35.4 Å². The van der Waals surface area contributed by atoms with Gasteiger partial charge in [0.05, 0.1) is 17.7 Å². The van der Waals surface area contributed by atoms with E-state index < -0.39 is 23.2 Å². The lowest BCUT2D eigenvalue weighted by atomic mass is 10.00. The number of hydrogen-bond acceptors (Lipinski definition) is 8. The van der Waals surface area contributed by atoms with E-state index in [0.29, 0.717) is 59.9 Å². The maximum atomic E-state index is 12.3. The van der Waals surface area contributed by atoms with Crippen molar-refractivity contribution < 1.29 is 19.5 Å². The zero-order chi connectivity index (χ0) is 26.9. The summed E-state index contributed by atoms with van der Waals surface area (Å²) in [6.07, 6.45) is 0.268. The fourth-order valence-electron chi connectivity index (χ4n) is 4.20. The number of thioether (sulfide) groups is 1. The highest BCUT2D eigenvalue weighted by Crippen LogP contribution is 2.39. The maximum Gasteiger partial charge on any atom is 0.405 e. The molecule has 0 radical (unpaired) electrons. The van der Waals surface area contributed by atoms with Gasteiger partial charge in [0, 0.05) is 19.1 Å². The number of carbonyl (C=O) groups excluding carboxylic acids is 2. The molecule has 192 valence electrons. The first-order chi connectivity index (χ1) is 17.8. The van der Waals surface area contributed by atoms with Crippen molar-refractivity contribution in [1.82, 2.24) is 15.6 Å². The lowest BCUT2D eigenvalue weighted by Gasteiger charge is -2.34. The fraction of sp³-hybridized carbons (Fsp3) is 0.360. The molecular weight excluding hydrogens is 494 g/mol. The molecule has 1 unspecified atom stereocenters. The van der Waals surface area contributed by atoms with Crippen molar-refractivity contribution in [2.75, 3.05) is 24.5 Å². The van der Waals surface area contributed by atoms with Crippen molar-refractivity contribution >= 4 is 35.5 Å². The number of hydrogen-bond donors (Lipinski definition) is 4. The summed E-state index contributed by atoms with van der Waals surface area (Å²) in [7, 11) is 0. The first kappa shape index (κ1) is 27.3. The van der Waals surface area contributed by atoms with Gasteiger partial charge in [-0.05, 0) is 30.4 Å². The number of carboxylic acid groups (broad SMARTS) is 1. The van der Waals surface area contributed by atoms with E-state index in [1.807, 2.05) is 23.2 Å². The molecule has 1 saturated heterocycles. The highest BCUT2D eigenvalue weighted by Gasteiger charge is 2.29. The monoisotopic (exact) mass is 521 g/mol. The van der Waals surface area contributed by atoms with Crippen LogP contribution in [-0.2, 0) is 16.0 Å². The average molecular weight is 522 g/mol. The SMILES string of the molecule is CCc1c(C#N)c(SC(C(N)=O)c2ccccc2)nc(N2CCC(NC(=O)CNC(=O)O)CC2)c1C#N. The normalized spacial score (nSPS) is 14.2. The number of piperidine rings is 1. The number of pyridine rings is 1. The molecule has 0 saturated carbocycles. The Kier molecular flexibility index (Phi) is 9.30. The molecule has 1 fully saturated rings. The second kappa shape index (κ2) is 12.6. The molecule has 0 aliphatic carbocycles. The second-order valence-corrected chi connectivity index (χ2v) is 9.44. The Bertz CT molecular complexity index is 1250. The topological polar surface area (TPSA) is 185 Å². The molecule has 3 rings (SSSR count). The third kappa shape index (κ3) is 6.68. The number of benzene rings is 1. The minimum atomic E-state index is -1.27. The Labute approximate surface area is 218 Å². The van der Waals surface area contributed by atoms with Crippen LogP contribution in [-0.4, -0.2) is 53.7 Å². The van der Waals surface area contributed by atoms with Crippen LogP contribution >= 0.6 is 11.8 Å². The first-order valence-corrected chi connectivity index (χ1v) is 12.6. The van der Waals surface area contributed by atoms with Crippen molar-refractivity contribution in [3.63, 3.8) is 0 Å². The predicted molar refractivity (Wildman–Crippen MR) is 137 cm³/mol. The second-order valence-electron chi connectivity index (χ2n) is 8.34. The number of amides is 3. The summed E-state index contributed by atoms with van der Waals surface area (Å²) in [5.74, 6) is -0.560. The van der Waals surface area contributed by atoms with E-state index in [0.717, 1.165) is 11.8 Å². The highest BCUT2D eigenvalue weighted by atomic mass is 32.2. The molecule has 11 nitrogen and oxygen atoms in total. The van der Waals surface area contributed by atoms with Crippen molar-refractivity contribution in [1.29, 1.82) is 10.5 Å². The van der Waals surface area contributed by atoms with E-state index >= 15 is 0 Å². The number of nitrogens with one attached hydrogen (secondary N) is 2. The molecule has 1 aromatic heterocycles. The Balaban J connectivity index is 1.89. The van der Waals surface area contributed by atoms with Crippen LogP contribution in [0.25, 0.3) is 0 Å². The van der Waals surface area contributed by atoms with Gasteiger partial charge in [-0.3, -0.25) is 9.59 Å². The highest BCUT2D eigenvalue weighted by molar-refractivity contribution is 8.00. The number of nitrogens with zero attached hydrogens (tertiary/aromatic N) is 4. The van der Waals surface area contributed by atoms with E-state index in [-0.39, 0.29) is 18.2 Å². The molecule has 0 bridgehead atoms. The number of carbonyl (C=O) groups is 3. The number of primary amides is 1. The van der Waals surface area contributed by atoms with Crippen LogP contribution in [0.3, 0.4) is 0 Å². The molecule has 2 heterocycles. The lowest BCUT2D eigenvalue weighted by molar-refractivity contribution is -0.121. The first-order valence-electron chi connectivity index (χ1n) is 11.7. The third-order valence-electron chi connectivity index (χ3n) is 5.98. The Morgan fingerprint density at radius 3 is 2.38 bits per heavy atom. The minimum absolute atomic E-state index is 0.153. The number of aromatic nitrogens is 1. The van der Waals surface area contributed by atoms with E-state index in [1.54, 1.807) is 24.3 Å². The molecule has 1 aromatic carbocycles. The molecule has 0 spiro atoms. The van der Waals surface area contributed by atoms with E-state index in [2.05, 4.69) is 17.5 Å².